The van der Waals surface area contributed by atoms with Crippen molar-refractivity contribution in [3.05, 3.63) is 29.1 Å². The first kappa shape index (κ1) is 8.01. The zero-order valence-corrected chi connectivity index (χ0v) is 6.26. The first-order valence-corrected chi connectivity index (χ1v) is 3.34. The number of phenols is 1. The van der Waals surface area contributed by atoms with Gasteiger partial charge < -0.3 is 10.8 Å². The molecule has 60 valence electrons. The van der Waals surface area contributed by atoms with Crippen LogP contribution in [0.25, 0.3) is 0 Å². The van der Waals surface area contributed by atoms with Crippen molar-refractivity contribution in [1.82, 2.24) is 0 Å². The molecule has 3 heteroatoms. The maximum Gasteiger partial charge on any atom is 0.126 e. The predicted molar refractivity (Wildman–Crippen MR) is 40.7 cm³/mol. The quantitative estimate of drug-likeness (QED) is 0.642. The van der Waals surface area contributed by atoms with Gasteiger partial charge in [-0.15, -0.1) is 0 Å². The lowest BCUT2D eigenvalue weighted by atomic mass is 10.1. The van der Waals surface area contributed by atoms with Crippen molar-refractivity contribution in [2.45, 2.75) is 13.5 Å². The van der Waals surface area contributed by atoms with E-state index in [0.29, 0.717) is 11.1 Å². The molecule has 0 fully saturated rings. The van der Waals surface area contributed by atoms with Crippen molar-refractivity contribution in [1.29, 1.82) is 0 Å². The maximum absolute atomic E-state index is 12.8. The summed E-state index contributed by atoms with van der Waals surface area (Å²) in [5.74, 6) is -0.269. The van der Waals surface area contributed by atoms with Crippen LogP contribution in [-0.4, -0.2) is 5.11 Å². The van der Waals surface area contributed by atoms with Gasteiger partial charge in [-0.1, -0.05) is 0 Å². The normalized spacial score (nSPS) is 10.1. The van der Waals surface area contributed by atoms with Crippen molar-refractivity contribution < 1.29 is 9.50 Å². The van der Waals surface area contributed by atoms with Crippen LogP contribution in [-0.2, 0) is 6.54 Å². The molecule has 0 radical (unpaired) electrons. The molecule has 0 saturated heterocycles. The van der Waals surface area contributed by atoms with Gasteiger partial charge in [-0.05, 0) is 24.6 Å². The number of benzene rings is 1. The minimum Gasteiger partial charge on any atom is -0.508 e. The Balaban J connectivity index is 3.29. The Morgan fingerprint density at radius 2 is 2.18 bits per heavy atom. The minimum absolute atomic E-state index is 0.0615. The highest BCUT2D eigenvalue weighted by molar-refractivity contribution is 5.39. The van der Waals surface area contributed by atoms with Gasteiger partial charge in [0.05, 0.1) is 0 Å². The van der Waals surface area contributed by atoms with E-state index in [4.69, 9.17) is 10.8 Å². The van der Waals surface area contributed by atoms with Crippen LogP contribution in [0.4, 0.5) is 4.39 Å². The van der Waals surface area contributed by atoms with Gasteiger partial charge in [-0.2, -0.15) is 0 Å². The highest BCUT2D eigenvalue weighted by atomic mass is 19.1. The van der Waals surface area contributed by atoms with Crippen LogP contribution in [0.3, 0.4) is 0 Å². The van der Waals surface area contributed by atoms with E-state index >= 15 is 0 Å². The van der Waals surface area contributed by atoms with Gasteiger partial charge in [-0.3, -0.25) is 0 Å². The maximum atomic E-state index is 12.8. The number of phenolic OH excluding ortho intramolecular Hbond substituents is 1. The number of hydrogen-bond acceptors (Lipinski definition) is 2. The molecule has 11 heavy (non-hydrogen) atoms. The molecule has 0 heterocycles. The highest BCUT2D eigenvalue weighted by Crippen LogP contribution is 2.21. The summed E-state index contributed by atoms with van der Waals surface area (Å²) < 4.78 is 12.8. The molecule has 0 aliphatic rings. The van der Waals surface area contributed by atoms with Crippen LogP contribution < -0.4 is 5.73 Å². The number of halogens is 1. The molecule has 1 rings (SSSR count). The van der Waals surface area contributed by atoms with Crippen LogP contribution in [0, 0.1) is 12.7 Å². The van der Waals surface area contributed by atoms with Crippen LogP contribution in [0.15, 0.2) is 12.1 Å². The summed E-state index contributed by atoms with van der Waals surface area (Å²) in [5.41, 5.74) is 6.19. The van der Waals surface area contributed by atoms with Crippen molar-refractivity contribution in [3.8, 4) is 5.75 Å². The van der Waals surface area contributed by atoms with E-state index in [1.165, 1.54) is 12.1 Å². The van der Waals surface area contributed by atoms with E-state index in [9.17, 15) is 4.39 Å². The smallest absolute Gasteiger partial charge is 0.126 e. The zero-order chi connectivity index (χ0) is 8.43. The van der Waals surface area contributed by atoms with Crippen LogP contribution in [0.1, 0.15) is 11.1 Å². The first-order valence-electron chi connectivity index (χ1n) is 3.34. The van der Waals surface area contributed by atoms with Gasteiger partial charge in [0.2, 0.25) is 0 Å². The van der Waals surface area contributed by atoms with Gasteiger partial charge in [-0.25, -0.2) is 4.39 Å². The van der Waals surface area contributed by atoms with E-state index < -0.39 is 0 Å². The molecule has 1 aromatic carbocycles. The zero-order valence-electron chi connectivity index (χ0n) is 6.26. The lowest BCUT2D eigenvalue weighted by Gasteiger charge is -2.05. The third-order valence-corrected chi connectivity index (χ3v) is 1.71. The SMILES string of the molecule is Cc1c(F)ccc(O)c1CN. The molecule has 0 atom stereocenters. The summed E-state index contributed by atoms with van der Waals surface area (Å²) in [5, 5.41) is 9.17. The third-order valence-electron chi connectivity index (χ3n) is 1.71. The number of aromatic hydroxyl groups is 1. The Morgan fingerprint density at radius 1 is 1.55 bits per heavy atom. The second-order valence-corrected chi connectivity index (χ2v) is 2.37. The fraction of sp³-hybridized carbons (Fsp3) is 0.250. The van der Waals surface area contributed by atoms with E-state index in [0.717, 1.165) is 0 Å². The minimum atomic E-state index is -0.330. The monoisotopic (exact) mass is 155 g/mol. The highest BCUT2D eigenvalue weighted by Gasteiger charge is 2.06. The number of hydrogen-bond donors (Lipinski definition) is 2. The van der Waals surface area contributed by atoms with Gasteiger partial charge in [0, 0.05) is 12.1 Å². The molecule has 0 unspecified atom stereocenters. The van der Waals surface area contributed by atoms with E-state index in [1.54, 1.807) is 6.92 Å². The Kier molecular flexibility index (Phi) is 2.10. The third kappa shape index (κ3) is 1.33. The Labute approximate surface area is 64.5 Å². The van der Waals surface area contributed by atoms with E-state index in [1.807, 2.05) is 0 Å². The second-order valence-electron chi connectivity index (χ2n) is 2.37. The fourth-order valence-electron chi connectivity index (χ4n) is 0.972. The summed E-state index contributed by atoms with van der Waals surface area (Å²) in [6.45, 7) is 1.76. The molecule has 0 aliphatic carbocycles. The summed E-state index contributed by atoms with van der Waals surface area (Å²) in [4.78, 5) is 0. The van der Waals surface area contributed by atoms with E-state index in [2.05, 4.69) is 0 Å². The fourth-order valence-corrected chi connectivity index (χ4v) is 0.972. The number of nitrogens with two attached hydrogens (primary N) is 1. The van der Waals surface area contributed by atoms with Crippen LogP contribution in [0.2, 0.25) is 0 Å². The lowest BCUT2D eigenvalue weighted by molar-refractivity contribution is 0.464. The van der Waals surface area contributed by atoms with E-state index in [-0.39, 0.29) is 18.1 Å². The Morgan fingerprint density at radius 3 is 2.64 bits per heavy atom. The molecule has 0 aliphatic heterocycles. The van der Waals surface area contributed by atoms with Crippen molar-refractivity contribution in [2.24, 2.45) is 5.73 Å². The van der Waals surface area contributed by atoms with Gasteiger partial charge >= 0.3 is 0 Å². The van der Waals surface area contributed by atoms with Crippen LogP contribution in [0.5, 0.6) is 5.75 Å². The summed E-state index contributed by atoms with van der Waals surface area (Å²) in [7, 11) is 0. The summed E-state index contributed by atoms with van der Waals surface area (Å²) in [6.07, 6.45) is 0. The Hall–Kier alpha value is -1.09. The first-order chi connectivity index (χ1) is 5.16. The van der Waals surface area contributed by atoms with Crippen molar-refractivity contribution in [3.63, 3.8) is 0 Å². The average Bonchev–Trinajstić information content (AvgIpc) is 1.99. The van der Waals surface area contributed by atoms with Gasteiger partial charge in [0.1, 0.15) is 11.6 Å². The molecule has 3 N–H and O–H groups in total. The molecule has 0 aromatic heterocycles. The molecule has 1 aromatic rings. The number of rotatable bonds is 1. The predicted octanol–water partition coefficient (Wildman–Crippen LogP) is 1.30. The van der Waals surface area contributed by atoms with Crippen molar-refractivity contribution in [2.75, 3.05) is 0 Å². The molecular weight excluding hydrogens is 145 g/mol. The molecule has 0 saturated carbocycles. The molecule has 0 spiro atoms. The lowest BCUT2D eigenvalue weighted by Crippen LogP contribution is -2.01. The van der Waals surface area contributed by atoms with Crippen molar-refractivity contribution >= 4 is 0 Å². The average molecular weight is 155 g/mol. The second kappa shape index (κ2) is 2.88. The topological polar surface area (TPSA) is 46.2 Å². The van der Waals surface area contributed by atoms with Gasteiger partial charge in [0.15, 0.2) is 0 Å². The van der Waals surface area contributed by atoms with Gasteiger partial charge in [0.25, 0.3) is 0 Å². The largest absolute Gasteiger partial charge is 0.508 e. The summed E-state index contributed by atoms with van der Waals surface area (Å²) >= 11 is 0. The molecule has 0 bridgehead atoms. The Bertz CT molecular complexity index is 273. The molecule has 2 nitrogen and oxygen atoms in total. The molecular formula is C8H10FNO. The standard InChI is InChI=1S/C8H10FNO/c1-5-6(4-10)8(11)3-2-7(5)9/h2-3,11H,4,10H2,1H3. The van der Waals surface area contributed by atoms with Crippen LogP contribution >= 0.6 is 0 Å². The summed E-state index contributed by atoms with van der Waals surface area (Å²) in [6, 6.07) is 2.54. The molecule has 0 amide bonds.